The number of nitrogens with two attached hydrogens (primary N) is 1. The second-order valence-corrected chi connectivity index (χ2v) is 5.54. The Morgan fingerprint density at radius 3 is 2.83 bits per heavy atom. The number of rotatable bonds is 2. The summed E-state index contributed by atoms with van der Waals surface area (Å²) in [6.07, 6.45) is -0.247. The molecule has 0 bridgehead atoms. The molecule has 0 radical (unpaired) electrons. The number of hydrogen-bond acceptors (Lipinski definition) is 5. The van der Waals surface area contributed by atoms with Gasteiger partial charge in [-0.25, -0.2) is 9.98 Å². The van der Waals surface area contributed by atoms with Gasteiger partial charge in [0.25, 0.3) is 0 Å². The zero-order valence-corrected chi connectivity index (χ0v) is 12.9. The molecule has 2 aromatic carbocycles. The van der Waals surface area contributed by atoms with Crippen molar-refractivity contribution in [2.24, 2.45) is 10.7 Å². The first kappa shape index (κ1) is 13.6. The number of methoxy groups -OCH3 is 1. The first-order valence-electron chi connectivity index (χ1n) is 7.39. The number of hydrogen-bond donors (Lipinski definition) is 2. The Morgan fingerprint density at radius 1 is 1.22 bits per heavy atom. The van der Waals surface area contributed by atoms with Gasteiger partial charge in [0.2, 0.25) is 5.95 Å². The van der Waals surface area contributed by atoms with Gasteiger partial charge in [-0.05, 0) is 42.3 Å². The molecule has 116 valence electrons. The number of nitrogens with zero attached hydrogens (tertiary/aromatic N) is 3. The van der Waals surface area contributed by atoms with Gasteiger partial charge in [-0.1, -0.05) is 18.2 Å². The number of ether oxygens (including phenoxy) is 1. The van der Waals surface area contributed by atoms with Crippen molar-refractivity contribution >= 4 is 22.9 Å². The van der Waals surface area contributed by atoms with Crippen LogP contribution >= 0.6 is 0 Å². The molecular formula is C17H17N5O. The third kappa shape index (κ3) is 2.11. The largest absolute Gasteiger partial charge is 0.496 e. The van der Waals surface area contributed by atoms with E-state index in [9.17, 15) is 0 Å². The van der Waals surface area contributed by atoms with Crippen molar-refractivity contribution < 1.29 is 4.74 Å². The zero-order valence-electron chi connectivity index (χ0n) is 12.9. The molecule has 1 aliphatic heterocycles. The summed E-state index contributed by atoms with van der Waals surface area (Å²) >= 11 is 0. The molecule has 6 heteroatoms. The molecule has 23 heavy (non-hydrogen) atoms. The van der Waals surface area contributed by atoms with Gasteiger partial charge in [0.1, 0.15) is 5.75 Å². The van der Waals surface area contributed by atoms with E-state index in [-0.39, 0.29) is 6.17 Å². The van der Waals surface area contributed by atoms with Gasteiger partial charge in [-0.3, -0.25) is 9.88 Å². The first-order chi connectivity index (χ1) is 11.2. The quantitative estimate of drug-likeness (QED) is 0.763. The fraction of sp³-hybridized carbons (Fsp3) is 0.176. The van der Waals surface area contributed by atoms with Crippen molar-refractivity contribution in [1.29, 1.82) is 0 Å². The van der Waals surface area contributed by atoms with Crippen LogP contribution < -0.4 is 15.8 Å². The Labute approximate surface area is 133 Å². The van der Waals surface area contributed by atoms with Crippen LogP contribution in [0.5, 0.6) is 5.75 Å². The molecule has 3 N–H and O–H groups in total. The highest BCUT2D eigenvalue weighted by molar-refractivity contribution is 5.94. The van der Waals surface area contributed by atoms with Gasteiger partial charge in [0, 0.05) is 0 Å². The maximum absolute atomic E-state index is 5.95. The Balaban J connectivity index is 1.91. The van der Waals surface area contributed by atoms with Crippen LogP contribution in [-0.2, 0) is 0 Å². The Bertz CT molecular complexity index is 928. The van der Waals surface area contributed by atoms with E-state index in [4.69, 9.17) is 10.5 Å². The van der Waals surface area contributed by atoms with Gasteiger partial charge in [0.15, 0.2) is 12.1 Å². The van der Waals surface area contributed by atoms with Crippen molar-refractivity contribution in [3.8, 4) is 5.75 Å². The molecule has 2 heterocycles. The molecule has 0 saturated heterocycles. The topological polar surface area (TPSA) is 77.5 Å². The maximum atomic E-state index is 5.95. The van der Waals surface area contributed by atoms with Gasteiger partial charge in [0.05, 0.1) is 18.1 Å². The summed E-state index contributed by atoms with van der Waals surface area (Å²) in [6, 6.07) is 14.0. The molecule has 0 amide bonds. The molecule has 0 aliphatic carbocycles. The Hall–Kier alpha value is -3.02. The summed E-state index contributed by atoms with van der Waals surface area (Å²) in [6.45, 7) is 2.02. The molecule has 0 unspecified atom stereocenters. The van der Waals surface area contributed by atoms with E-state index >= 15 is 0 Å². The second kappa shape index (κ2) is 5.01. The van der Waals surface area contributed by atoms with E-state index in [1.54, 1.807) is 7.11 Å². The SMILES string of the molecule is COc1ccc([C@@H]2N=C(N)Nc3nc4ccccc4n32)cc1C. The minimum absolute atomic E-state index is 0.247. The summed E-state index contributed by atoms with van der Waals surface area (Å²) in [4.78, 5) is 9.18. The maximum Gasteiger partial charge on any atom is 0.212 e. The number of nitrogens with one attached hydrogen (secondary N) is 1. The highest BCUT2D eigenvalue weighted by atomic mass is 16.5. The summed E-state index contributed by atoms with van der Waals surface area (Å²) in [5.41, 5.74) is 9.98. The predicted octanol–water partition coefficient (Wildman–Crippen LogP) is 2.64. The van der Waals surface area contributed by atoms with Gasteiger partial charge in [-0.15, -0.1) is 0 Å². The van der Waals surface area contributed by atoms with Crippen LogP contribution in [0.3, 0.4) is 0 Å². The summed E-state index contributed by atoms with van der Waals surface area (Å²) in [5.74, 6) is 1.93. The number of anilines is 1. The first-order valence-corrected chi connectivity index (χ1v) is 7.39. The van der Waals surface area contributed by atoms with E-state index in [1.165, 1.54) is 0 Å². The summed E-state index contributed by atoms with van der Waals surface area (Å²) in [7, 11) is 1.67. The Kier molecular flexibility index (Phi) is 2.97. The number of benzene rings is 2. The lowest BCUT2D eigenvalue weighted by atomic mass is 10.1. The van der Waals surface area contributed by atoms with E-state index < -0.39 is 0 Å². The van der Waals surface area contributed by atoms with Crippen molar-refractivity contribution in [1.82, 2.24) is 9.55 Å². The normalized spacial score (nSPS) is 16.6. The minimum atomic E-state index is -0.247. The number of fused-ring (bicyclic) bond motifs is 3. The van der Waals surface area contributed by atoms with Gasteiger partial charge < -0.3 is 10.5 Å². The molecule has 1 atom stereocenters. The zero-order chi connectivity index (χ0) is 16.0. The summed E-state index contributed by atoms with van der Waals surface area (Å²) < 4.78 is 7.40. The molecule has 0 saturated carbocycles. The fourth-order valence-electron chi connectivity index (χ4n) is 3.00. The highest BCUT2D eigenvalue weighted by Crippen LogP contribution is 2.33. The van der Waals surface area contributed by atoms with Crippen molar-refractivity contribution in [3.05, 3.63) is 53.6 Å². The third-order valence-electron chi connectivity index (χ3n) is 4.06. The number of aryl methyl sites for hydroxylation is 1. The second-order valence-electron chi connectivity index (χ2n) is 5.54. The number of guanidine groups is 1. The molecule has 1 aliphatic rings. The van der Waals surface area contributed by atoms with Crippen molar-refractivity contribution in [2.45, 2.75) is 13.1 Å². The molecule has 0 fully saturated rings. The van der Waals surface area contributed by atoms with Crippen LogP contribution in [-0.4, -0.2) is 22.6 Å². The van der Waals surface area contributed by atoms with Gasteiger partial charge >= 0.3 is 0 Å². The lowest BCUT2D eigenvalue weighted by molar-refractivity contribution is 0.411. The molecule has 6 nitrogen and oxygen atoms in total. The lowest BCUT2D eigenvalue weighted by Crippen LogP contribution is -2.31. The molecule has 3 aromatic rings. The summed E-state index contributed by atoms with van der Waals surface area (Å²) in [5, 5.41) is 3.04. The minimum Gasteiger partial charge on any atom is -0.496 e. The van der Waals surface area contributed by atoms with E-state index in [0.29, 0.717) is 11.9 Å². The van der Waals surface area contributed by atoms with Crippen LogP contribution in [0.4, 0.5) is 5.95 Å². The van der Waals surface area contributed by atoms with Crippen molar-refractivity contribution in [2.75, 3.05) is 12.4 Å². The number of aliphatic imine (C=N–C) groups is 1. The molecular weight excluding hydrogens is 290 g/mol. The van der Waals surface area contributed by atoms with E-state index in [2.05, 4.69) is 25.9 Å². The monoisotopic (exact) mass is 307 g/mol. The van der Waals surface area contributed by atoms with Crippen LogP contribution in [0.1, 0.15) is 17.3 Å². The highest BCUT2D eigenvalue weighted by Gasteiger charge is 2.25. The molecule has 1 aromatic heterocycles. The smallest absolute Gasteiger partial charge is 0.212 e. The van der Waals surface area contributed by atoms with Gasteiger partial charge in [-0.2, -0.15) is 0 Å². The number of imidazole rings is 1. The average molecular weight is 307 g/mol. The van der Waals surface area contributed by atoms with E-state index in [0.717, 1.165) is 27.9 Å². The number of aromatic nitrogens is 2. The third-order valence-corrected chi connectivity index (χ3v) is 4.06. The van der Waals surface area contributed by atoms with Crippen LogP contribution in [0.15, 0.2) is 47.5 Å². The van der Waals surface area contributed by atoms with E-state index in [1.807, 2.05) is 43.3 Å². The standard InChI is InChI=1S/C17H17N5O/c1-10-9-11(7-8-14(10)23-2)15-20-16(18)21-17-19-12-5-3-4-6-13(12)22(15)17/h3-9,15H,1-2H3,(H3,18,19,20,21)/t15-/m1/s1. The fourth-order valence-corrected chi connectivity index (χ4v) is 3.00. The number of para-hydroxylation sites is 2. The van der Waals surface area contributed by atoms with Crippen LogP contribution in [0.25, 0.3) is 11.0 Å². The van der Waals surface area contributed by atoms with Crippen LogP contribution in [0, 0.1) is 6.92 Å². The van der Waals surface area contributed by atoms with Crippen molar-refractivity contribution in [3.63, 3.8) is 0 Å². The molecule has 0 spiro atoms. The predicted molar refractivity (Wildman–Crippen MR) is 90.8 cm³/mol. The average Bonchev–Trinajstić information content (AvgIpc) is 2.92. The lowest BCUT2D eigenvalue weighted by Gasteiger charge is -2.24. The van der Waals surface area contributed by atoms with Crippen LogP contribution in [0.2, 0.25) is 0 Å². The Morgan fingerprint density at radius 2 is 2.04 bits per heavy atom. The molecule has 4 rings (SSSR count).